The summed E-state index contributed by atoms with van der Waals surface area (Å²) in [6.45, 7) is 0.500. The lowest BCUT2D eigenvalue weighted by Crippen LogP contribution is -2.35. The van der Waals surface area contributed by atoms with E-state index >= 15 is 0 Å². The standard InChI is InChI=1S/C19H19BrN2O3/c20-15-7-4-8-16(13-15)25-12-11-22-18(23)17(21-19(22)24)10-9-14-5-2-1-3-6-14/h1-8,13,17H,9-12H2,(H,21,24)/t17-/m0/s1. The van der Waals surface area contributed by atoms with Crippen molar-refractivity contribution < 1.29 is 14.3 Å². The molecule has 1 aliphatic heterocycles. The molecule has 0 bridgehead atoms. The minimum atomic E-state index is -0.460. The fraction of sp³-hybridized carbons (Fsp3) is 0.263. The molecular weight excluding hydrogens is 384 g/mol. The van der Waals surface area contributed by atoms with Gasteiger partial charge in [-0.1, -0.05) is 52.3 Å². The first kappa shape index (κ1) is 17.5. The Balaban J connectivity index is 1.49. The number of urea groups is 1. The van der Waals surface area contributed by atoms with Gasteiger partial charge in [-0.3, -0.25) is 9.69 Å². The number of benzene rings is 2. The van der Waals surface area contributed by atoms with Crippen LogP contribution in [0.15, 0.2) is 59.1 Å². The molecule has 1 fully saturated rings. The second kappa shape index (κ2) is 8.16. The van der Waals surface area contributed by atoms with Crippen LogP contribution in [0, 0.1) is 0 Å². The van der Waals surface area contributed by atoms with Crippen LogP contribution in [0.5, 0.6) is 5.75 Å². The summed E-state index contributed by atoms with van der Waals surface area (Å²) in [5, 5.41) is 2.76. The van der Waals surface area contributed by atoms with Gasteiger partial charge in [0.15, 0.2) is 0 Å². The van der Waals surface area contributed by atoms with E-state index in [-0.39, 0.29) is 25.1 Å². The lowest BCUT2D eigenvalue weighted by Gasteiger charge is -2.14. The van der Waals surface area contributed by atoms with Crippen LogP contribution in [0.2, 0.25) is 0 Å². The average molecular weight is 403 g/mol. The fourth-order valence-electron chi connectivity index (χ4n) is 2.75. The van der Waals surface area contributed by atoms with Crippen LogP contribution in [-0.4, -0.2) is 36.0 Å². The highest BCUT2D eigenvalue weighted by Crippen LogP contribution is 2.18. The second-order valence-electron chi connectivity index (χ2n) is 5.82. The molecule has 6 heteroatoms. The second-order valence-corrected chi connectivity index (χ2v) is 6.74. The van der Waals surface area contributed by atoms with Crippen molar-refractivity contribution in [2.45, 2.75) is 18.9 Å². The lowest BCUT2D eigenvalue weighted by molar-refractivity contribution is -0.127. The van der Waals surface area contributed by atoms with E-state index in [4.69, 9.17) is 4.74 Å². The number of aryl methyl sites for hydroxylation is 1. The van der Waals surface area contributed by atoms with Crippen LogP contribution in [-0.2, 0) is 11.2 Å². The molecule has 130 valence electrons. The molecule has 1 heterocycles. The number of ether oxygens (including phenoxy) is 1. The summed E-state index contributed by atoms with van der Waals surface area (Å²) in [6, 6.07) is 16.6. The zero-order valence-corrected chi connectivity index (χ0v) is 15.2. The number of rotatable bonds is 7. The number of imide groups is 1. The van der Waals surface area contributed by atoms with Crippen LogP contribution in [0.1, 0.15) is 12.0 Å². The molecule has 0 saturated carbocycles. The molecule has 0 spiro atoms. The van der Waals surface area contributed by atoms with E-state index in [1.54, 1.807) is 0 Å². The molecule has 0 unspecified atom stereocenters. The van der Waals surface area contributed by atoms with Crippen LogP contribution in [0.4, 0.5) is 4.79 Å². The van der Waals surface area contributed by atoms with E-state index in [1.165, 1.54) is 4.90 Å². The van der Waals surface area contributed by atoms with Crippen LogP contribution in [0.25, 0.3) is 0 Å². The summed E-state index contributed by atoms with van der Waals surface area (Å²) in [5.41, 5.74) is 1.15. The van der Waals surface area contributed by atoms with Crippen LogP contribution < -0.4 is 10.1 Å². The number of halogens is 1. The molecule has 3 rings (SSSR count). The van der Waals surface area contributed by atoms with Crippen molar-refractivity contribution in [3.63, 3.8) is 0 Å². The van der Waals surface area contributed by atoms with E-state index in [1.807, 2.05) is 54.6 Å². The highest BCUT2D eigenvalue weighted by atomic mass is 79.9. The number of hydrogen-bond acceptors (Lipinski definition) is 3. The molecule has 2 aromatic rings. The number of carbonyl (C=O) groups is 2. The minimum absolute atomic E-state index is 0.182. The Morgan fingerprint density at radius 1 is 1.08 bits per heavy atom. The molecule has 2 aromatic carbocycles. The van der Waals surface area contributed by atoms with Crippen molar-refractivity contribution in [2.75, 3.05) is 13.2 Å². The third-order valence-electron chi connectivity index (χ3n) is 4.05. The van der Waals surface area contributed by atoms with Gasteiger partial charge in [-0.05, 0) is 36.6 Å². The smallest absolute Gasteiger partial charge is 0.324 e. The van der Waals surface area contributed by atoms with E-state index in [2.05, 4.69) is 21.2 Å². The van der Waals surface area contributed by atoms with Crippen molar-refractivity contribution in [1.82, 2.24) is 10.2 Å². The van der Waals surface area contributed by atoms with Gasteiger partial charge in [0.25, 0.3) is 5.91 Å². The largest absolute Gasteiger partial charge is 0.492 e. The zero-order chi connectivity index (χ0) is 17.6. The van der Waals surface area contributed by atoms with E-state index < -0.39 is 6.04 Å². The quantitative estimate of drug-likeness (QED) is 0.722. The number of carbonyl (C=O) groups excluding carboxylic acids is 2. The van der Waals surface area contributed by atoms with Crippen molar-refractivity contribution >= 4 is 27.9 Å². The summed E-state index contributed by atoms with van der Waals surface area (Å²) in [4.78, 5) is 25.7. The molecule has 0 radical (unpaired) electrons. The van der Waals surface area contributed by atoms with Gasteiger partial charge in [0.1, 0.15) is 18.4 Å². The SMILES string of the molecule is O=C1N[C@@H](CCc2ccccc2)C(=O)N1CCOc1cccc(Br)c1. The van der Waals surface area contributed by atoms with Gasteiger partial charge in [-0.2, -0.15) is 0 Å². The number of nitrogens with zero attached hydrogens (tertiary/aromatic N) is 1. The first-order chi connectivity index (χ1) is 12.1. The third kappa shape index (κ3) is 4.60. The Kier molecular flexibility index (Phi) is 5.71. The predicted molar refractivity (Wildman–Crippen MR) is 98.4 cm³/mol. The molecule has 5 nitrogen and oxygen atoms in total. The molecular formula is C19H19BrN2O3. The van der Waals surface area contributed by atoms with Gasteiger partial charge in [0, 0.05) is 4.47 Å². The Bertz CT molecular complexity index is 751. The average Bonchev–Trinajstić information content (AvgIpc) is 2.88. The van der Waals surface area contributed by atoms with E-state index in [9.17, 15) is 9.59 Å². The van der Waals surface area contributed by atoms with Crippen molar-refractivity contribution in [1.29, 1.82) is 0 Å². The van der Waals surface area contributed by atoms with Crippen molar-refractivity contribution in [3.8, 4) is 5.75 Å². The first-order valence-corrected chi connectivity index (χ1v) is 8.97. The highest BCUT2D eigenvalue weighted by molar-refractivity contribution is 9.10. The zero-order valence-electron chi connectivity index (χ0n) is 13.7. The molecule has 1 aliphatic rings. The Morgan fingerprint density at radius 3 is 2.64 bits per heavy atom. The molecule has 0 aromatic heterocycles. The fourth-order valence-corrected chi connectivity index (χ4v) is 3.13. The molecule has 25 heavy (non-hydrogen) atoms. The number of hydrogen-bond donors (Lipinski definition) is 1. The maximum Gasteiger partial charge on any atom is 0.324 e. The minimum Gasteiger partial charge on any atom is -0.492 e. The van der Waals surface area contributed by atoms with Gasteiger partial charge < -0.3 is 10.1 Å². The topological polar surface area (TPSA) is 58.6 Å². The Hall–Kier alpha value is -2.34. The summed E-state index contributed by atoms with van der Waals surface area (Å²) in [5.74, 6) is 0.515. The summed E-state index contributed by atoms with van der Waals surface area (Å²) >= 11 is 3.38. The normalized spacial score (nSPS) is 16.8. The van der Waals surface area contributed by atoms with Crippen LogP contribution >= 0.6 is 15.9 Å². The van der Waals surface area contributed by atoms with Gasteiger partial charge in [0.2, 0.25) is 0 Å². The maximum absolute atomic E-state index is 12.4. The maximum atomic E-state index is 12.4. The van der Waals surface area contributed by atoms with Crippen molar-refractivity contribution in [3.05, 3.63) is 64.6 Å². The van der Waals surface area contributed by atoms with Gasteiger partial charge in [-0.15, -0.1) is 0 Å². The molecule has 1 saturated heterocycles. The number of amides is 3. The summed E-state index contributed by atoms with van der Waals surface area (Å²) < 4.78 is 6.52. The van der Waals surface area contributed by atoms with E-state index in [0.29, 0.717) is 12.2 Å². The molecule has 0 aliphatic carbocycles. The van der Waals surface area contributed by atoms with Gasteiger partial charge in [-0.25, -0.2) is 4.79 Å². The summed E-state index contributed by atoms with van der Waals surface area (Å²) in [6.07, 6.45) is 1.34. The Labute approximate surface area is 155 Å². The van der Waals surface area contributed by atoms with E-state index in [0.717, 1.165) is 16.5 Å². The van der Waals surface area contributed by atoms with Crippen LogP contribution in [0.3, 0.4) is 0 Å². The number of nitrogens with one attached hydrogen (secondary N) is 1. The van der Waals surface area contributed by atoms with Gasteiger partial charge >= 0.3 is 6.03 Å². The van der Waals surface area contributed by atoms with Crippen molar-refractivity contribution in [2.24, 2.45) is 0 Å². The molecule has 1 N–H and O–H groups in total. The monoisotopic (exact) mass is 402 g/mol. The molecule has 3 amide bonds. The first-order valence-electron chi connectivity index (χ1n) is 8.17. The Morgan fingerprint density at radius 2 is 1.88 bits per heavy atom. The predicted octanol–water partition coefficient (Wildman–Crippen LogP) is 3.38. The van der Waals surface area contributed by atoms with Gasteiger partial charge in [0.05, 0.1) is 6.54 Å². The molecule has 1 atom stereocenters. The highest BCUT2D eigenvalue weighted by Gasteiger charge is 2.37. The lowest BCUT2D eigenvalue weighted by atomic mass is 10.1. The third-order valence-corrected chi connectivity index (χ3v) is 4.54. The summed E-state index contributed by atoms with van der Waals surface area (Å²) in [7, 11) is 0.